The van der Waals surface area contributed by atoms with Gasteiger partial charge in [-0.05, 0) is 25.1 Å². The fourth-order valence-electron chi connectivity index (χ4n) is 1.83. The molecular weight excluding hydrogens is 309 g/mol. The highest BCUT2D eigenvalue weighted by Gasteiger charge is 2.18. The van der Waals surface area contributed by atoms with Crippen molar-refractivity contribution in [3.63, 3.8) is 0 Å². The second kappa shape index (κ2) is 4.71. The molecule has 2 nitrogen and oxygen atoms in total. The van der Waals surface area contributed by atoms with E-state index in [4.69, 9.17) is 11.6 Å². The molecule has 0 saturated heterocycles. The van der Waals surface area contributed by atoms with Crippen LogP contribution in [-0.4, -0.2) is 9.97 Å². The third kappa shape index (κ3) is 2.05. The molecule has 0 aliphatic rings. The van der Waals surface area contributed by atoms with E-state index < -0.39 is 17.5 Å². The van der Waals surface area contributed by atoms with Gasteiger partial charge >= 0.3 is 0 Å². The number of hydrogen-bond acceptors (Lipinski definition) is 3. The zero-order chi connectivity index (χ0) is 14.4. The van der Waals surface area contributed by atoms with Crippen LogP contribution in [0.15, 0.2) is 18.2 Å². The Hall–Kier alpha value is -1.66. The first kappa shape index (κ1) is 13.3. The highest BCUT2D eigenvalue weighted by molar-refractivity contribution is 7.18. The molecule has 0 spiro atoms. The minimum Gasteiger partial charge on any atom is -0.217 e. The number of nitrogens with zero attached hydrogens (tertiary/aromatic N) is 2. The molecule has 2 heterocycles. The van der Waals surface area contributed by atoms with Crippen LogP contribution in [0, 0.1) is 24.4 Å². The minimum atomic E-state index is -1.55. The van der Waals surface area contributed by atoms with E-state index in [0.717, 1.165) is 17.0 Å². The number of aromatic nitrogens is 2. The van der Waals surface area contributed by atoms with Gasteiger partial charge < -0.3 is 0 Å². The van der Waals surface area contributed by atoms with Crippen LogP contribution in [0.4, 0.5) is 13.2 Å². The van der Waals surface area contributed by atoms with Gasteiger partial charge in [-0.1, -0.05) is 11.6 Å². The summed E-state index contributed by atoms with van der Waals surface area (Å²) in [6, 6.07) is 3.73. The smallest absolute Gasteiger partial charge is 0.195 e. The Balaban J connectivity index is 2.27. The Kier molecular flexibility index (Phi) is 3.14. The second-order valence-electron chi connectivity index (χ2n) is 4.14. The third-order valence-corrected chi connectivity index (χ3v) is 3.98. The molecule has 0 atom stereocenters. The van der Waals surface area contributed by atoms with E-state index in [0.29, 0.717) is 10.2 Å². The maximum absolute atomic E-state index is 13.8. The number of aryl methyl sites for hydroxylation is 1. The SMILES string of the molecule is Cc1cc2c(Cl)nc(-c3ccc(F)c(F)c3F)nc2s1. The molecule has 0 aliphatic heterocycles. The van der Waals surface area contributed by atoms with Gasteiger partial charge in [-0.2, -0.15) is 0 Å². The highest BCUT2D eigenvalue weighted by atomic mass is 35.5. The molecule has 1 aromatic carbocycles. The van der Waals surface area contributed by atoms with E-state index in [2.05, 4.69) is 9.97 Å². The van der Waals surface area contributed by atoms with Gasteiger partial charge in [0.25, 0.3) is 0 Å². The first-order valence-electron chi connectivity index (χ1n) is 5.55. The molecule has 2 aromatic heterocycles. The summed E-state index contributed by atoms with van der Waals surface area (Å²) in [4.78, 5) is 9.64. The summed E-state index contributed by atoms with van der Waals surface area (Å²) in [7, 11) is 0. The second-order valence-corrected chi connectivity index (χ2v) is 5.73. The van der Waals surface area contributed by atoms with Crippen molar-refractivity contribution >= 4 is 33.2 Å². The lowest BCUT2D eigenvalue weighted by molar-refractivity contribution is 0.448. The highest BCUT2D eigenvalue weighted by Crippen LogP contribution is 2.32. The van der Waals surface area contributed by atoms with Crippen LogP contribution in [0.1, 0.15) is 4.88 Å². The van der Waals surface area contributed by atoms with Crippen LogP contribution in [0.3, 0.4) is 0 Å². The number of thiophene rings is 1. The minimum absolute atomic E-state index is 0.0687. The van der Waals surface area contributed by atoms with Crippen molar-refractivity contribution in [1.82, 2.24) is 9.97 Å². The van der Waals surface area contributed by atoms with Crippen molar-refractivity contribution in [2.45, 2.75) is 6.92 Å². The number of halogens is 4. The first-order valence-corrected chi connectivity index (χ1v) is 6.74. The third-order valence-electron chi connectivity index (χ3n) is 2.75. The monoisotopic (exact) mass is 314 g/mol. The van der Waals surface area contributed by atoms with E-state index in [1.165, 1.54) is 11.3 Å². The standard InChI is InChI=1S/C13H6ClF3N2S/c1-5-4-7-11(14)18-12(19-13(7)20-5)6-2-3-8(15)10(17)9(6)16/h2-4H,1H3. The Morgan fingerprint density at radius 2 is 1.85 bits per heavy atom. The summed E-state index contributed by atoms with van der Waals surface area (Å²) in [6.07, 6.45) is 0. The lowest BCUT2D eigenvalue weighted by Gasteiger charge is -2.04. The van der Waals surface area contributed by atoms with Crippen LogP contribution in [0.25, 0.3) is 21.6 Å². The summed E-state index contributed by atoms with van der Waals surface area (Å²) in [5, 5.41) is 0.805. The molecule has 102 valence electrons. The van der Waals surface area contributed by atoms with Gasteiger partial charge in [0.2, 0.25) is 0 Å². The molecular formula is C13H6ClF3N2S. The molecule has 0 bridgehead atoms. The number of benzene rings is 1. The lowest BCUT2D eigenvalue weighted by Crippen LogP contribution is -1.97. The van der Waals surface area contributed by atoms with Crippen molar-refractivity contribution in [3.8, 4) is 11.4 Å². The largest absolute Gasteiger partial charge is 0.217 e. The van der Waals surface area contributed by atoms with Crippen molar-refractivity contribution in [2.75, 3.05) is 0 Å². The molecule has 0 fully saturated rings. The van der Waals surface area contributed by atoms with E-state index >= 15 is 0 Å². The summed E-state index contributed by atoms with van der Waals surface area (Å²) >= 11 is 7.38. The maximum Gasteiger partial charge on any atom is 0.195 e. The fraction of sp³-hybridized carbons (Fsp3) is 0.0769. The van der Waals surface area contributed by atoms with Crippen LogP contribution in [0.5, 0.6) is 0 Å². The van der Waals surface area contributed by atoms with Gasteiger partial charge in [0.05, 0.1) is 5.56 Å². The molecule has 0 radical (unpaired) electrons. The van der Waals surface area contributed by atoms with Crippen molar-refractivity contribution in [3.05, 3.63) is 45.7 Å². The van der Waals surface area contributed by atoms with E-state index in [1.807, 2.05) is 13.0 Å². The predicted molar refractivity (Wildman–Crippen MR) is 72.5 cm³/mol. The maximum atomic E-state index is 13.8. The van der Waals surface area contributed by atoms with Crippen LogP contribution < -0.4 is 0 Å². The van der Waals surface area contributed by atoms with Crippen LogP contribution >= 0.6 is 22.9 Å². The topological polar surface area (TPSA) is 25.8 Å². The van der Waals surface area contributed by atoms with Gasteiger partial charge in [-0.15, -0.1) is 11.3 Å². The average molecular weight is 315 g/mol. The molecule has 0 saturated carbocycles. The zero-order valence-electron chi connectivity index (χ0n) is 10.0. The van der Waals surface area contributed by atoms with Gasteiger partial charge in [0.1, 0.15) is 9.98 Å². The molecule has 3 aromatic rings. The Labute approximate surface area is 120 Å². The first-order chi connectivity index (χ1) is 9.47. The zero-order valence-corrected chi connectivity index (χ0v) is 11.6. The van der Waals surface area contributed by atoms with E-state index in [-0.39, 0.29) is 16.5 Å². The molecule has 7 heteroatoms. The average Bonchev–Trinajstić information content (AvgIpc) is 2.77. The van der Waals surface area contributed by atoms with Crippen LogP contribution in [0.2, 0.25) is 5.15 Å². The summed E-state index contributed by atoms with van der Waals surface area (Å²) < 4.78 is 39.9. The van der Waals surface area contributed by atoms with Crippen molar-refractivity contribution < 1.29 is 13.2 Å². The summed E-state index contributed by atoms with van der Waals surface area (Å²) in [5.41, 5.74) is -0.223. The van der Waals surface area contributed by atoms with Crippen molar-refractivity contribution in [1.29, 1.82) is 0 Å². The number of fused-ring (bicyclic) bond motifs is 1. The van der Waals surface area contributed by atoms with Gasteiger partial charge in [-0.3, -0.25) is 0 Å². The molecule has 0 aliphatic carbocycles. The molecule has 3 rings (SSSR count). The predicted octanol–water partition coefficient (Wildman–Crippen LogP) is 4.74. The Bertz CT molecular complexity index is 832. The van der Waals surface area contributed by atoms with Gasteiger partial charge in [0, 0.05) is 10.3 Å². The Morgan fingerprint density at radius 1 is 1.10 bits per heavy atom. The van der Waals surface area contributed by atoms with E-state index in [9.17, 15) is 13.2 Å². The molecule has 20 heavy (non-hydrogen) atoms. The molecule has 0 N–H and O–H groups in total. The Morgan fingerprint density at radius 3 is 2.60 bits per heavy atom. The van der Waals surface area contributed by atoms with Gasteiger partial charge in [-0.25, -0.2) is 23.1 Å². The normalized spacial score (nSPS) is 11.2. The lowest BCUT2D eigenvalue weighted by atomic mass is 10.2. The van der Waals surface area contributed by atoms with Crippen molar-refractivity contribution in [2.24, 2.45) is 0 Å². The van der Waals surface area contributed by atoms with E-state index in [1.54, 1.807) is 0 Å². The molecule has 0 unspecified atom stereocenters. The summed E-state index contributed by atoms with van der Waals surface area (Å²) in [6.45, 7) is 1.88. The summed E-state index contributed by atoms with van der Waals surface area (Å²) in [5.74, 6) is -4.20. The fourth-order valence-corrected chi connectivity index (χ4v) is 2.99. The van der Waals surface area contributed by atoms with Crippen LogP contribution in [-0.2, 0) is 0 Å². The quantitative estimate of drug-likeness (QED) is 0.479. The molecule has 0 amide bonds. The van der Waals surface area contributed by atoms with Gasteiger partial charge in [0.15, 0.2) is 23.3 Å². The number of rotatable bonds is 1. The number of hydrogen-bond donors (Lipinski definition) is 0.